The van der Waals surface area contributed by atoms with Crippen LogP contribution < -0.4 is 0 Å². The summed E-state index contributed by atoms with van der Waals surface area (Å²) < 4.78 is 5.37. The molecule has 0 aliphatic rings. The van der Waals surface area contributed by atoms with Crippen LogP contribution in [-0.2, 0) is 12.0 Å². The third-order valence-electron chi connectivity index (χ3n) is 3.60. The van der Waals surface area contributed by atoms with Crippen LogP contribution in [-0.4, -0.2) is 28.1 Å². The molecule has 1 aromatic heterocycles. The number of hydrogen-bond donors (Lipinski definition) is 0. The second kappa shape index (κ2) is 6.39. The van der Waals surface area contributed by atoms with Gasteiger partial charge in [-0.3, -0.25) is 4.90 Å². The minimum atomic E-state index is -0.0928. The van der Waals surface area contributed by atoms with Gasteiger partial charge in [-0.1, -0.05) is 51.9 Å². The Labute approximate surface area is 127 Å². The molecule has 0 saturated carbocycles. The molecule has 0 fully saturated rings. The molecule has 0 unspecified atom stereocenters. The quantitative estimate of drug-likeness (QED) is 0.837. The molecular weight excluding hydrogens is 262 g/mol. The molecule has 4 heteroatoms. The van der Waals surface area contributed by atoms with Crippen LogP contribution in [0.4, 0.5) is 0 Å². The van der Waals surface area contributed by atoms with E-state index >= 15 is 0 Å². The predicted molar refractivity (Wildman–Crippen MR) is 85.1 cm³/mol. The first-order chi connectivity index (χ1) is 9.94. The maximum atomic E-state index is 5.37. The molecular formula is C17H25N3O. The minimum absolute atomic E-state index is 0.0928. The van der Waals surface area contributed by atoms with E-state index in [1.54, 1.807) is 0 Å². The van der Waals surface area contributed by atoms with Gasteiger partial charge in [0.1, 0.15) is 0 Å². The lowest BCUT2D eigenvalue weighted by atomic mass is 9.96. The third kappa shape index (κ3) is 3.91. The van der Waals surface area contributed by atoms with E-state index in [4.69, 9.17) is 4.52 Å². The highest BCUT2D eigenvalue weighted by atomic mass is 16.5. The molecule has 0 N–H and O–H groups in total. The van der Waals surface area contributed by atoms with E-state index in [1.165, 1.54) is 5.56 Å². The minimum Gasteiger partial charge on any atom is -0.334 e. The Morgan fingerprint density at radius 3 is 2.14 bits per heavy atom. The molecule has 0 radical (unpaired) electrons. The fourth-order valence-electron chi connectivity index (χ4n) is 2.10. The molecule has 0 aliphatic carbocycles. The summed E-state index contributed by atoms with van der Waals surface area (Å²) in [5.74, 6) is 1.33. The molecule has 0 aliphatic heterocycles. The molecule has 21 heavy (non-hydrogen) atoms. The molecule has 114 valence electrons. The molecule has 1 aromatic carbocycles. The van der Waals surface area contributed by atoms with Gasteiger partial charge in [-0.2, -0.15) is 4.98 Å². The van der Waals surface area contributed by atoms with E-state index in [1.807, 2.05) is 0 Å². The van der Waals surface area contributed by atoms with E-state index < -0.39 is 0 Å². The van der Waals surface area contributed by atoms with Crippen molar-refractivity contribution in [2.75, 3.05) is 13.1 Å². The van der Waals surface area contributed by atoms with Gasteiger partial charge >= 0.3 is 0 Å². The van der Waals surface area contributed by atoms with E-state index in [9.17, 15) is 0 Å². The van der Waals surface area contributed by atoms with Crippen LogP contribution in [0.2, 0.25) is 0 Å². The monoisotopic (exact) mass is 287 g/mol. The molecule has 0 spiro atoms. The van der Waals surface area contributed by atoms with Gasteiger partial charge in [0.25, 0.3) is 5.89 Å². The molecule has 0 bridgehead atoms. The zero-order valence-electron chi connectivity index (χ0n) is 13.7. The molecule has 0 amide bonds. The molecule has 2 aromatic rings. The second-order valence-corrected chi connectivity index (χ2v) is 6.33. The second-order valence-electron chi connectivity index (χ2n) is 6.33. The number of hydrogen-bond acceptors (Lipinski definition) is 4. The lowest BCUT2D eigenvalue weighted by molar-refractivity contribution is 0.296. The van der Waals surface area contributed by atoms with E-state index in [-0.39, 0.29) is 5.41 Å². The first kappa shape index (κ1) is 15.7. The van der Waals surface area contributed by atoms with Gasteiger partial charge in [0.05, 0.1) is 0 Å². The predicted octanol–water partition coefficient (Wildman–Crippen LogP) is 3.88. The van der Waals surface area contributed by atoms with Gasteiger partial charge < -0.3 is 4.52 Å². The first-order valence-electron chi connectivity index (χ1n) is 7.60. The normalized spacial score (nSPS) is 12.1. The lowest BCUT2D eigenvalue weighted by Crippen LogP contribution is -2.21. The van der Waals surface area contributed by atoms with Gasteiger partial charge in [0.15, 0.2) is 5.82 Å². The van der Waals surface area contributed by atoms with Crippen molar-refractivity contribution in [3.05, 3.63) is 35.7 Å². The van der Waals surface area contributed by atoms with Crippen molar-refractivity contribution in [2.24, 2.45) is 0 Å². The van der Waals surface area contributed by atoms with Crippen molar-refractivity contribution in [1.29, 1.82) is 0 Å². The van der Waals surface area contributed by atoms with E-state index in [0.29, 0.717) is 5.89 Å². The summed E-state index contributed by atoms with van der Waals surface area (Å²) in [7, 11) is 0. The van der Waals surface area contributed by atoms with Crippen molar-refractivity contribution in [1.82, 2.24) is 15.0 Å². The zero-order valence-corrected chi connectivity index (χ0v) is 13.7. The van der Waals surface area contributed by atoms with Crippen LogP contribution in [0, 0.1) is 0 Å². The molecule has 0 saturated heterocycles. The van der Waals surface area contributed by atoms with Crippen LogP contribution in [0.25, 0.3) is 11.5 Å². The van der Waals surface area contributed by atoms with Gasteiger partial charge in [-0.15, -0.1) is 0 Å². The number of benzene rings is 1. The SMILES string of the molecule is CCN(CC)Cc1ccc(-c2nc(C(C)(C)C)no2)cc1. The maximum Gasteiger partial charge on any atom is 0.257 e. The highest BCUT2D eigenvalue weighted by Crippen LogP contribution is 2.23. The van der Waals surface area contributed by atoms with Crippen molar-refractivity contribution >= 4 is 0 Å². The lowest BCUT2D eigenvalue weighted by Gasteiger charge is -2.17. The van der Waals surface area contributed by atoms with E-state index in [0.717, 1.165) is 31.0 Å². The summed E-state index contributed by atoms with van der Waals surface area (Å²) in [4.78, 5) is 6.87. The number of rotatable bonds is 5. The Kier molecular flexibility index (Phi) is 4.78. The first-order valence-corrected chi connectivity index (χ1v) is 7.60. The summed E-state index contributed by atoms with van der Waals surface area (Å²) in [6, 6.07) is 8.38. The molecule has 0 atom stereocenters. The van der Waals surface area contributed by atoms with Gasteiger partial charge in [-0.25, -0.2) is 0 Å². The third-order valence-corrected chi connectivity index (χ3v) is 3.60. The van der Waals surface area contributed by atoms with Gasteiger partial charge in [-0.05, 0) is 30.8 Å². The van der Waals surface area contributed by atoms with Gasteiger partial charge in [0.2, 0.25) is 0 Å². The molecule has 2 rings (SSSR count). The van der Waals surface area contributed by atoms with Crippen LogP contribution in [0.15, 0.2) is 28.8 Å². The summed E-state index contributed by atoms with van der Waals surface area (Å²) in [5, 5.41) is 4.07. The fraction of sp³-hybridized carbons (Fsp3) is 0.529. The van der Waals surface area contributed by atoms with E-state index in [2.05, 4.69) is 73.9 Å². The Bertz CT molecular complexity index is 562. The topological polar surface area (TPSA) is 42.2 Å². The summed E-state index contributed by atoms with van der Waals surface area (Å²) in [6.07, 6.45) is 0. The summed E-state index contributed by atoms with van der Waals surface area (Å²) >= 11 is 0. The fourth-order valence-corrected chi connectivity index (χ4v) is 2.10. The molecule has 1 heterocycles. The smallest absolute Gasteiger partial charge is 0.257 e. The van der Waals surface area contributed by atoms with Crippen LogP contribution in [0.3, 0.4) is 0 Å². The zero-order chi connectivity index (χ0) is 15.5. The largest absolute Gasteiger partial charge is 0.334 e. The number of nitrogens with zero attached hydrogens (tertiary/aromatic N) is 3. The average molecular weight is 287 g/mol. The van der Waals surface area contributed by atoms with Gasteiger partial charge in [0, 0.05) is 17.5 Å². The highest BCUT2D eigenvalue weighted by Gasteiger charge is 2.21. The Balaban J connectivity index is 2.13. The molecule has 4 nitrogen and oxygen atoms in total. The highest BCUT2D eigenvalue weighted by molar-refractivity contribution is 5.53. The van der Waals surface area contributed by atoms with Crippen molar-refractivity contribution in [3.63, 3.8) is 0 Å². The van der Waals surface area contributed by atoms with Crippen molar-refractivity contribution in [3.8, 4) is 11.5 Å². The summed E-state index contributed by atoms with van der Waals surface area (Å²) in [5.41, 5.74) is 2.18. The van der Waals surface area contributed by atoms with Crippen LogP contribution in [0.5, 0.6) is 0 Å². The Morgan fingerprint density at radius 1 is 1.05 bits per heavy atom. The standard InChI is InChI=1S/C17H25N3O/c1-6-20(7-2)12-13-8-10-14(11-9-13)15-18-16(19-21-15)17(3,4)5/h8-11H,6-7,12H2,1-5H3. The maximum absolute atomic E-state index is 5.37. The average Bonchev–Trinajstić information content (AvgIpc) is 2.95. The van der Waals surface area contributed by atoms with Crippen LogP contribution >= 0.6 is 0 Å². The Hall–Kier alpha value is -1.68. The summed E-state index contributed by atoms with van der Waals surface area (Å²) in [6.45, 7) is 13.7. The van der Waals surface area contributed by atoms with Crippen molar-refractivity contribution < 1.29 is 4.52 Å². The van der Waals surface area contributed by atoms with Crippen LogP contribution in [0.1, 0.15) is 46.0 Å². The Morgan fingerprint density at radius 2 is 1.67 bits per heavy atom. The van der Waals surface area contributed by atoms with Crippen molar-refractivity contribution in [2.45, 2.75) is 46.6 Å². The number of aromatic nitrogens is 2.